The Labute approximate surface area is 120 Å². The average Bonchev–Trinajstić information content (AvgIpc) is 2.67. The third-order valence-corrected chi connectivity index (χ3v) is 4.36. The molecule has 114 valence electrons. The summed E-state index contributed by atoms with van der Waals surface area (Å²) in [4.78, 5) is 25.3. The maximum Gasteiger partial charge on any atom is 0.410 e. The van der Waals surface area contributed by atoms with Crippen molar-refractivity contribution in [2.45, 2.75) is 58.5 Å². The Hall–Kier alpha value is -1.26. The van der Waals surface area contributed by atoms with Gasteiger partial charge in [0.15, 0.2) is 0 Å². The lowest BCUT2D eigenvalue weighted by molar-refractivity contribution is -0.149. The first kappa shape index (κ1) is 15.1. The molecule has 1 aliphatic carbocycles. The van der Waals surface area contributed by atoms with E-state index < -0.39 is 23.1 Å². The zero-order valence-electron chi connectivity index (χ0n) is 12.6. The number of carboxylic acids is 1. The predicted molar refractivity (Wildman–Crippen MR) is 74.5 cm³/mol. The molecule has 1 saturated heterocycles. The van der Waals surface area contributed by atoms with Gasteiger partial charge in [0.2, 0.25) is 0 Å². The number of hydrogen-bond donors (Lipinski definition) is 1. The van der Waals surface area contributed by atoms with Gasteiger partial charge >= 0.3 is 12.1 Å². The summed E-state index contributed by atoms with van der Waals surface area (Å²) in [5.74, 6) is -0.250. The summed E-state index contributed by atoms with van der Waals surface area (Å²) in [6.45, 7) is 6.22. The lowest BCUT2D eigenvalue weighted by atomic mass is 9.71. The summed E-state index contributed by atoms with van der Waals surface area (Å²) in [6, 6.07) is 0. The third-order valence-electron chi connectivity index (χ3n) is 4.36. The van der Waals surface area contributed by atoms with Gasteiger partial charge in [0.1, 0.15) is 5.60 Å². The van der Waals surface area contributed by atoms with Gasteiger partial charge in [0.25, 0.3) is 0 Å². The molecule has 0 aromatic carbocycles. The van der Waals surface area contributed by atoms with Crippen LogP contribution in [-0.2, 0) is 9.53 Å². The van der Waals surface area contributed by atoms with Crippen molar-refractivity contribution in [3.8, 4) is 0 Å². The Kier molecular flexibility index (Phi) is 3.98. The van der Waals surface area contributed by atoms with Crippen LogP contribution in [0.15, 0.2) is 0 Å². The molecule has 1 aliphatic heterocycles. The Bertz CT molecular complexity index is 397. The SMILES string of the molecule is CC(C)(C)OC(=O)N1CCC(CC2CCC2)(C(=O)O)C1. The Balaban J connectivity index is 1.99. The molecule has 0 radical (unpaired) electrons. The van der Waals surface area contributed by atoms with E-state index in [0.717, 1.165) is 12.8 Å². The number of aliphatic carboxylic acids is 1. The molecule has 2 fully saturated rings. The Morgan fingerprint density at radius 3 is 2.45 bits per heavy atom. The van der Waals surface area contributed by atoms with Crippen molar-refractivity contribution in [3.05, 3.63) is 0 Å². The van der Waals surface area contributed by atoms with Crippen molar-refractivity contribution in [2.24, 2.45) is 11.3 Å². The minimum absolute atomic E-state index is 0.285. The smallest absolute Gasteiger partial charge is 0.410 e. The molecule has 1 atom stereocenters. The van der Waals surface area contributed by atoms with Crippen molar-refractivity contribution in [1.82, 2.24) is 4.90 Å². The number of carbonyl (C=O) groups is 2. The molecule has 0 spiro atoms. The van der Waals surface area contributed by atoms with E-state index in [1.165, 1.54) is 6.42 Å². The molecule has 1 unspecified atom stereocenters. The van der Waals surface area contributed by atoms with E-state index in [0.29, 0.717) is 25.3 Å². The predicted octanol–water partition coefficient (Wildman–Crippen LogP) is 2.89. The highest BCUT2D eigenvalue weighted by atomic mass is 16.6. The van der Waals surface area contributed by atoms with Crippen molar-refractivity contribution in [2.75, 3.05) is 13.1 Å². The van der Waals surface area contributed by atoms with Crippen LogP contribution < -0.4 is 0 Å². The van der Waals surface area contributed by atoms with Crippen LogP contribution in [0.1, 0.15) is 52.9 Å². The fraction of sp³-hybridized carbons (Fsp3) is 0.867. The molecular weight excluding hydrogens is 258 g/mol. The maximum absolute atomic E-state index is 12.1. The van der Waals surface area contributed by atoms with Crippen molar-refractivity contribution in [3.63, 3.8) is 0 Å². The quantitative estimate of drug-likeness (QED) is 0.864. The number of ether oxygens (including phenoxy) is 1. The van der Waals surface area contributed by atoms with Gasteiger partial charge in [0, 0.05) is 13.1 Å². The average molecular weight is 283 g/mol. The monoisotopic (exact) mass is 283 g/mol. The summed E-state index contributed by atoms with van der Waals surface area (Å²) < 4.78 is 5.33. The highest BCUT2D eigenvalue weighted by molar-refractivity contribution is 5.78. The number of carboxylic acid groups (broad SMARTS) is 1. The van der Waals surface area contributed by atoms with Gasteiger partial charge in [-0.25, -0.2) is 4.79 Å². The van der Waals surface area contributed by atoms with Crippen LogP contribution in [0.2, 0.25) is 0 Å². The highest BCUT2D eigenvalue weighted by Crippen LogP contribution is 2.43. The molecule has 0 aromatic rings. The van der Waals surface area contributed by atoms with Crippen LogP contribution in [0.25, 0.3) is 0 Å². The first-order valence-corrected chi connectivity index (χ1v) is 7.43. The standard InChI is InChI=1S/C15H25NO4/c1-14(2,3)20-13(19)16-8-7-15(10-16,12(17)18)9-11-5-4-6-11/h11H,4-10H2,1-3H3,(H,17,18). The van der Waals surface area contributed by atoms with Crippen LogP contribution in [0.3, 0.4) is 0 Å². The first-order chi connectivity index (χ1) is 9.22. The Morgan fingerprint density at radius 2 is 2.00 bits per heavy atom. The highest BCUT2D eigenvalue weighted by Gasteiger charge is 2.48. The number of carbonyl (C=O) groups excluding carboxylic acids is 1. The molecular formula is C15H25NO4. The number of nitrogens with zero attached hydrogens (tertiary/aromatic N) is 1. The van der Waals surface area contributed by atoms with E-state index in [9.17, 15) is 14.7 Å². The van der Waals surface area contributed by atoms with Crippen LogP contribution in [0, 0.1) is 11.3 Å². The van der Waals surface area contributed by atoms with Crippen LogP contribution in [0.5, 0.6) is 0 Å². The number of hydrogen-bond acceptors (Lipinski definition) is 3. The normalized spacial score (nSPS) is 27.2. The van der Waals surface area contributed by atoms with E-state index in [2.05, 4.69) is 0 Å². The van der Waals surface area contributed by atoms with Gasteiger partial charge in [-0.1, -0.05) is 19.3 Å². The number of amides is 1. The van der Waals surface area contributed by atoms with E-state index in [-0.39, 0.29) is 6.54 Å². The molecule has 1 N–H and O–H groups in total. The second-order valence-corrected chi connectivity index (χ2v) is 7.24. The van der Waals surface area contributed by atoms with Gasteiger partial charge in [-0.05, 0) is 39.5 Å². The van der Waals surface area contributed by atoms with Crippen molar-refractivity contribution in [1.29, 1.82) is 0 Å². The van der Waals surface area contributed by atoms with Crippen molar-refractivity contribution >= 4 is 12.1 Å². The van der Waals surface area contributed by atoms with Gasteiger partial charge in [-0.2, -0.15) is 0 Å². The van der Waals surface area contributed by atoms with Crippen LogP contribution >= 0.6 is 0 Å². The molecule has 2 rings (SSSR count). The number of likely N-dealkylation sites (tertiary alicyclic amines) is 1. The van der Waals surface area contributed by atoms with E-state index in [1.54, 1.807) is 4.90 Å². The van der Waals surface area contributed by atoms with Crippen LogP contribution in [-0.4, -0.2) is 40.8 Å². The Morgan fingerprint density at radius 1 is 1.35 bits per heavy atom. The largest absolute Gasteiger partial charge is 0.481 e. The molecule has 5 heteroatoms. The number of rotatable bonds is 3. The second kappa shape index (κ2) is 5.26. The summed E-state index contributed by atoms with van der Waals surface area (Å²) in [5, 5.41) is 9.59. The lowest BCUT2D eigenvalue weighted by Gasteiger charge is -2.34. The van der Waals surface area contributed by atoms with Crippen molar-refractivity contribution < 1.29 is 19.4 Å². The maximum atomic E-state index is 12.1. The van der Waals surface area contributed by atoms with Gasteiger partial charge in [0.05, 0.1) is 5.41 Å². The van der Waals surface area contributed by atoms with Gasteiger partial charge in [-0.15, -0.1) is 0 Å². The topological polar surface area (TPSA) is 66.8 Å². The minimum atomic E-state index is -0.768. The van der Waals surface area contributed by atoms with Crippen LogP contribution in [0.4, 0.5) is 4.79 Å². The molecule has 1 heterocycles. The molecule has 5 nitrogen and oxygen atoms in total. The third kappa shape index (κ3) is 3.25. The second-order valence-electron chi connectivity index (χ2n) is 7.24. The zero-order chi connectivity index (χ0) is 15.0. The minimum Gasteiger partial charge on any atom is -0.481 e. The summed E-state index contributed by atoms with van der Waals surface area (Å²) >= 11 is 0. The zero-order valence-corrected chi connectivity index (χ0v) is 12.6. The first-order valence-electron chi connectivity index (χ1n) is 7.43. The summed E-state index contributed by atoms with van der Waals surface area (Å²) in [7, 11) is 0. The van der Waals surface area contributed by atoms with Gasteiger partial charge in [-0.3, -0.25) is 4.79 Å². The lowest BCUT2D eigenvalue weighted by Crippen LogP contribution is -2.41. The molecule has 1 saturated carbocycles. The molecule has 1 amide bonds. The van der Waals surface area contributed by atoms with E-state index >= 15 is 0 Å². The van der Waals surface area contributed by atoms with Gasteiger partial charge < -0.3 is 14.7 Å². The molecule has 0 aromatic heterocycles. The molecule has 2 aliphatic rings. The van der Waals surface area contributed by atoms with E-state index in [4.69, 9.17) is 4.74 Å². The molecule has 0 bridgehead atoms. The fourth-order valence-corrected chi connectivity index (χ4v) is 3.03. The van der Waals surface area contributed by atoms with E-state index in [1.807, 2.05) is 20.8 Å². The fourth-order valence-electron chi connectivity index (χ4n) is 3.03. The summed E-state index contributed by atoms with van der Waals surface area (Å²) in [5.41, 5.74) is -1.30. The molecule has 20 heavy (non-hydrogen) atoms. The summed E-state index contributed by atoms with van der Waals surface area (Å²) in [6.07, 6.45) is 4.30.